The number of halogens is 2. The second-order valence-electron chi connectivity index (χ2n) is 5.94. The largest absolute Gasteiger partial charge is 0.434 e. The van der Waals surface area contributed by atoms with Crippen LogP contribution in [-0.2, 0) is 0 Å². The number of nitrogens with one attached hydrogen (secondary N) is 1. The van der Waals surface area contributed by atoms with Crippen LogP contribution in [0.4, 0.5) is 14.6 Å². The summed E-state index contributed by atoms with van der Waals surface area (Å²) in [5.41, 5.74) is 4.85. The Morgan fingerprint density at radius 1 is 0.931 bits per heavy atom. The first-order chi connectivity index (χ1) is 14.2. The monoisotopic (exact) mass is 391 g/mol. The SMILES string of the molecule is FC(F)Oc1ccccc1/C=N\Nc1nc(-c2ccncc2)nc2ccccc12. The molecule has 2 heterocycles. The lowest BCUT2D eigenvalue weighted by atomic mass is 10.2. The van der Waals surface area contributed by atoms with Gasteiger partial charge < -0.3 is 4.74 Å². The first-order valence-electron chi connectivity index (χ1n) is 8.71. The predicted molar refractivity (Wildman–Crippen MR) is 107 cm³/mol. The molecule has 0 aliphatic carbocycles. The molecule has 0 bridgehead atoms. The Hall–Kier alpha value is -3.94. The molecule has 2 aromatic heterocycles. The molecule has 29 heavy (non-hydrogen) atoms. The van der Waals surface area contributed by atoms with E-state index in [-0.39, 0.29) is 5.75 Å². The summed E-state index contributed by atoms with van der Waals surface area (Å²) in [6, 6.07) is 17.5. The number of benzene rings is 2. The first-order valence-corrected chi connectivity index (χ1v) is 8.71. The van der Waals surface area contributed by atoms with Gasteiger partial charge in [0, 0.05) is 28.9 Å². The van der Waals surface area contributed by atoms with Gasteiger partial charge in [-0.2, -0.15) is 13.9 Å². The highest BCUT2D eigenvalue weighted by atomic mass is 19.3. The standard InChI is InChI=1S/C21H15F2N5O/c22-21(23)29-18-8-4-1-5-15(18)13-25-28-20-16-6-2-3-7-17(16)26-19(27-20)14-9-11-24-12-10-14/h1-13,21H,(H,26,27,28)/b25-13-. The second-order valence-corrected chi connectivity index (χ2v) is 5.94. The molecular formula is C21H15F2N5O. The summed E-state index contributed by atoms with van der Waals surface area (Å²) in [5.74, 6) is 1.05. The van der Waals surface area contributed by atoms with E-state index in [9.17, 15) is 8.78 Å². The van der Waals surface area contributed by atoms with Crippen LogP contribution >= 0.6 is 0 Å². The minimum atomic E-state index is -2.91. The summed E-state index contributed by atoms with van der Waals surface area (Å²) < 4.78 is 29.6. The maximum absolute atomic E-state index is 12.6. The molecule has 0 saturated heterocycles. The molecule has 0 aliphatic heterocycles. The van der Waals surface area contributed by atoms with E-state index >= 15 is 0 Å². The molecule has 2 aromatic carbocycles. The van der Waals surface area contributed by atoms with Gasteiger partial charge in [0.15, 0.2) is 11.6 Å². The van der Waals surface area contributed by atoms with E-state index in [4.69, 9.17) is 0 Å². The fraction of sp³-hybridized carbons (Fsp3) is 0.0476. The van der Waals surface area contributed by atoms with E-state index in [1.807, 2.05) is 36.4 Å². The van der Waals surface area contributed by atoms with Crippen molar-refractivity contribution in [1.29, 1.82) is 0 Å². The highest BCUT2D eigenvalue weighted by molar-refractivity contribution is 5.91. The van der Waals surface area contributed by atoms with Gasteiger partial charge in [0.25, 0.3) is 0 Å². The maximum Gasteiger partial charge on any atom is 0.387 e. The fourth-order valence-electron chi connectivity index (χ4n) is 2.75. The molecule has 0 saturated carbocycles. The molecule has 0 atom stereocenters. The third-order valence-corrected chi connectivity index (χ3v) is 4.05. The Kier molecular flexibility index (Phi) is 5.33. The number of para-hydroxylation sites is 2. The van der Waals surface area contributed by atoms with Crippen molar-refractivity contribution in [1.82, 2.24) is 15.0 Å². The van der Waals surface area contributed by atoms with E-state index < -0.39 is 6.61 Å². The molecule has 0 aliphatic rings. The molecular weight excluding hydrogens is 376 g/mol. The third-order valence-electron chi connectivity index (χ3n) is 4.05. The summed E-state index contributed by atoms with van der Waals surface area (Å²) in [6.45, 7) is -2.91. The topological polar surface area (TPSA) is 72.3 Å². The zero-order valence-electron chi connectivity index (χ0n) is 15.0. The number of hydrogen-bond donors (Lipinski definition) is 1. The average molecular weight is 391 g/mol. The van der Waals surface area contributed by atoms with Crippen LogP contribution in [0.2, 0.25) is 0 Å². The molecule has 0 unspecified atom stereocenters. The molecule has 0 spiro atoms. The van der Waals surface area contributed by atoms with Gasteiger partial charge in [0.05, 0.1) is 11.7 Å². The quantitative estimate of drug-likeness (QED) is 0.380. The number of ether oxygens (including phenoxy) is 1. The van der Waals surface area contributed by atoms with Crippen molar-refractivity contribution in [3.63, 3.8) is 0 Å². The minimum absolute atomic E-state index is 0.0399. The van der Waals surface area contributed by atoms with Crippen LogP contribution in [0.25, 0.3) is 22.3 Å². The highest BCUT2D eigenvalue weighted by Gasteiger charge is 2.10. The average Bonchev–Trinajstić information content (AvgIpc) is 2.75. The number of hydrogen-bond acceptors (Lipinski definition) is 6. The molecule has 0 fully saturated rings. The van der Waals surface area contributed by atoms with Crippen molar-refractivity contribution in [3.8, 4) is 17.1 Å². The van der Waals surface area contributed by atoms with E-state index in [0.717, 1.165) is 16.5 Å². The number of fused-ring (bicyclic) bond motifs is 1. The van der Waals surface area contributed by atoms with E-state index in [0.29, 0.717) is 17.2 Å². The lowest BCUT2D eigenvalue weighted by molar-refractivity contribution is -0.0499. The van der Waals surface area contributed by atoms with Gasteiger partial charge in [0.1, 0.15) is 5.75 Å². The van der Waals surface area contributed by atoms with Gasteiger partial charge in [-0.1, -0.05) is 24.3 Å². The molecule has 6 nitrogen and oxygen atoms in total. The molecule has 4 rings (SSSR count). The number of rotatable bonds is 6. The fourth-order valence-corrected chi connectivity index (χ4v) is 2.75. The van der Waals surface area contributed by atoms with Gasteiger partial charge in [0.2, 0.25) is 0 Å². The minimum Gasteiger partial charge on any atom is -0.434 e. The lowest BCUT2D eigenvalue weighted by Crippen LogP contribution is -2.04. The smallest absolute Gasteiger partial charge is 0.387 e. The van der Waals surface area contributed by atoms with Crippen LogP contribution in [-0.4, -0.2) is 27.8 Å². The number of nitrogens with zero attached hydrogens (tertiary/aromatic N) is 4. The van der Waals surface area contributed by atoms with Crippen molar-refractivity contribution in [3.05, 3.63) is 78.6 Å². The molecule has 0 radical (unpaired) electrons. The van der Waals surface area contributed by atoms with Crippen LogP contribution in [0.3, 0.4) is 0 Å². The summed E-state index contributed by atoms with van der Waals surface area (Å²) in [7, 11) is 0. The zero-order chi connectivity index (χ0) is 20.1. The van der Waals surface area contributed by atoms with Gasteiger partial charge in [-0.25, -0.2) is 9.97 Å². The van der Waals surface area contributed by atoms with Crippen molar-refractivity contribution < 1.29 is 13.5 Å². The third kappa shape index (κ3) is 4.32. The second kappa shape index (κ2) is 8.39. The van der Waals surface area contributed by atoms with Crippen LogP contribution < -0.4 is 10.2 Å². The summed E-state index contributed by atoms with van der Waals surface area (Å²) in [4.78, 5) is 13.2. The van der Waals surface area contributed by atoms with Gasteiger partial charge in [-0.3, -0.25) is 10.4 Å². The zero-order valence-corrected chi connectivity index (χ0v) is 15.0. The summed E-state index contributed by atoms with van der Waals surface area (Å²) in [5, 5.41) is 4.94. The van der Waals surface area contributed by atoms with Gasteiger partial charge in [-0.05, 0) is 36.4 Å². The van der Waals surface area contributed by atoms with Gasteiger partial charge in [-0.15, -0.1) is 0 Å². The van der Waals surface area contributed by atoms with Crippen molar-refractivity contribution >= 4 is 22.9 Å². The van der Waals surface area contributed by atoms with Crippen molar-refractivity contribution in [2.24, 2.45) is 5.10 Å². The summed E-state index contributed by atoms with van der Waals surface area (Å²) >= 11 is 0. The Labute approximate surface area is 164 Å². The van der Waals surface area contributed by atoms with Crippen molar-refractivity contribution in [2.45, 2.75) is 6.61 Å². The Balaban J connectivity index is 1.67. The van der Waals surface area contributed by atoms with Crippen LogP contribution in [0.15, 0.2) is 78.2 Å². The number of hydrazone groups is 1. The van der Waals surface area contributed by atoms with Crippen molar-refractivity contribution in [2.75, 3.05) is 5.43 Å². The lowest BCUT2D eigenvalue weighted by Gasteiger charge is -2.09. The molecule has 4 aromatic rings. The predicted octanol–water partition coefficient (Wildman–Crippen LogP) is 4.74. The summed E-state index contributed by atoms with van der Waals surface area (Å²) in [6.07, 6.45) is 4.73. The molecule has 1 N–H and O–H groups in total. The van der Waals surface area contributed by atoms with E-state index in [2.05, 4.69) is 30.2 Å². The molecule has 8 heteroatoms. The normalized spacial score (nSPS) is 11.3. The highest BCUT2D eigenvalue weighted by Crippen LogP contribution is 2.25. The number of pyridine rings is 1. The number of anilines is 1. The Bertz CT molecular complexity index is 1150. The Morgan fingerprint density at radius 3 is 2.52 bits per heavy atom. The van der Waals surface area contributed by atoms with Crippen LogP contribution in [0, 0.1) is 0 Å². The van der Waals surface area contributed by atoms with Crippen LogP contribution in [0.5, 0.6) is 5.75 Å². The first kappa shape index (κ1) is 18.4. The van der Waals surface area contributed by atoms with E-state index in [1.54, 1.807) is 30.6 Å². The Morgan fingerprint density at radius 2 is 1.69 bits per heavy atom. The van der Waals surface area contributed by atoms with E-state index in [1.165, 1.54) is 12.3 Å². The molecule has 0 amide bonds. The number of alkyl halides is 2. The molecule has 144 valence electrons. The maximum atomic E-state index is 12.6. The number of aromatic nitrogens is 3. The van der Waals surface area contributed by atoms with Gasteiger partial charge >= 0.3 is 6.61 Å². The van der Waals surface area contributed by atoms with Crippen LogP contribution in [0.1, 0.15) is 5.56 Å².